The zero-order chi connectivity index (χ0) is 26.9. The highest BCUT2D eigenvalue weighted by Crippen LogP contribution is 2.36. The first kappa shape index (κ1) is 27.7. The summed E-state index contributed by atoms with van der Waals surface area (Å²) in [5.41, 5.74) is 4.72. The number of allylic oxidation sites excluding steroid dienone is 3. The van der Waals surface area contributed by atoms with Crippen LogP contribution in [-0.4, -0.2) is 57.7 Å². The minimum Gasteiger partial charge on any atom is -0.490 e. The Balaban J connectivity index is 0.00000186. The van der Waals surface area contributed by atoms with Gasteiger partial charge < -0.3 is 15.0 Å². The van der Waals surface area contributed by atoms with E-state index in [9.17, 15) is 9.18 Å². The molecule has 0 unspecified atom stereocenters. The average molecular weight is 507 g/mol. The summed E-state index contributed by atoms with van der Waals surface area (Å²) in [6.45, 7) is 10.1. The highest BCUT2D eigenvalue weighted by molar-refractivity contribution is 5.83. The highest BCUT2D eigenvalue weighted by Gasteiger charge is 2.22. The number of fused-ring (bicyclic) bond motifs is 1. The first-order valence-electron chi connectivity index (χ1n) is 12.5. The van der Waals surface area contributed by atoms with Gasteiger partial charge in [-0.2, -0.15) is 5.10 Å². The van der Waals surface area contributed by atoms with Gasteiger partial charge in [0.25, 0.3) is 0 Å². The molecule has 0 saturated carbocycles. The molecule has 4 rings (SSSR count). The topological polar surface area (TPSA) is 85.2 Å². The molecule has 0 bridgehead atoms. The van der Waals surface area contributed by atoms with E-state index in [1.54, 1.807) is 18.3 Å². The largest absolute Gasteiger partial charge is 0.490 e. The molecule has 0 amide bonds. The van der Waals surface area contributed by atoms with E-state index in [0.29, 0.717) is 46.2 Å². The van der Waals surface area contributed by atoms with Gasteiger partial charge in [-0.15, -0.1) is 0 Å². The lowest BCUT2D eigenvalue weighted by atomic mass is 10.0. The van der Waals surface area contributed by atoms with E-state index >= 15 is 0 Å². The molecule has 8 nitrogen and oxygen atoms in total. The van der Waals surface area contributed by atoms with Gasteiger partial charge in [-0.05, 0) is 44.2 Å². The van der Waals surface area contributed by atoms with Crippen molar-refractivity contribution < 1.29 is 13.9 Å². The van der Waals surface area contributed by atoms with Gasteiger partial charge in [0.1, 0.15) is 34.9 Å². The molecule has 2 aromatic heterocycles. The van der Waals surface area contributed by atoms with Crippen molar-refractivity contribution in [2.45, 2.75) is 46.9 Å². The number of carbonyl (C=O) groups excluding carboxylic acids is 1. The quantitative estimate of drug-likeness (QED) is 0.269. The number of nitrogens with one attached hydrogen (secondary N) is 1. The van der Waals surface area contributed by atoms with Crippen LogP contribution < -0.4 is 10.1 Å². The molecule has 1 aliphatic rings. The van der Waals surface area contributed by atoms with Crippen molar-refractivity contribution in [1.29, 1.82) is 0 Å². The van der Waals surface area contributed by atoms with Crippen molar-refractivity contribution in [2.75, 3.05) is 20.6 Å². The summed E-state index contributed by atoms with van der Waals surface area (Å²) in [6.07, 6.45) is 7.18. The molecule has 3 heterocycles. The van der Waals surface area contributed by atoms with E-state index in [4.69, 9.17) is 19.8 Å². The summed E-state index contributed by atoms with van der Waals surface area (Å²) in [6, 6.07) is 6.39. The SMILES string of the molecule is CC.CC(C)Oc1cc(F)ccc1-c1ncc(C(/C=C\C=O)=C/N(C)C)nc1-c1cc2n(n1)CCNC2. The van der Waals surface area contributed by atoms with E-state index in [2.05, 4.69) is 5.32 Å². The Labute approximate surface area is 217 Å². The van der Waals surface area contributed by atoms with Crippen LogP contribution in [0.5, 0.6) is 5.75 Å². The minimum absolute atomic E-state index is 0.152. The lowest BCUT2D eigenvalue weighted by Crippen LogP contribution is -2.28. The van der Waals surface area contributed by atoms with Crippen LogP contribution in [0.2, 0.25) is 0 Å². The smallest absolute Gasteiger partial charge is 0.142 e. The Morgan fingerprint density at radius 3 is 2.68 bits per heavy atom. The van der Waals surface area contributed by atoms with E-state index < -0.39 is 5.82 Å². The fourth-order valence-electron chi connectivity index (χ4n) is 3.87. The normalized spacial score (nSPS) is 13.2. The Morgan fingerprint density at radius 1 is 1.22 bits per heavy atom. The van der Waals surface area contributed by atoms with E-state index in [-0.39, 0.29) is 6.10 Å². The van der Waals surface area contributed by atoms with Crippen LogP contribution in [0.25, 0.3) is 28.2 Å². The Morgan fingerprint density at radius 2 is 2.00 bits per heavy atom. The van der Waals surface area contributed by atoms with Crippen LogP contribution in [-0.2, 0) is 17.9 Å². The monoisotopic (exact) mass is 506 g/mol. The van der Waals surface area contributed by atoms with Crippen molar-refractivity contribution in [3.05, 3.63) is 66.0 Å². The third-order valence-corrected chi connectivity index (χ3v) is 5.29. The molecule has 196 valence electrons. The van der Waals surface area contributed by atoms with Gasteiger partial charge in [-0.25, -0.2) is 9.37 Å². The van der Waals surface area contributed by atoms with Crippen LogP contribution in [0.3, 0.4) is 0 Å². The number of aromatic nitrogens is 4. The lowest BCUT2D eigenvalue weighted by Gasteiger charge is -2.16. The van der Waals surface area contributed by atoms with Crippen LogP contribution >= 0.6 is 0 Å². The Bertz CT molecular complexity index is 1260. The molecule has 9 heteroatoms. The summed E-state index contributed by atoms with van der Waals surface area (Å²) < 4.78 is 22.0. The van der Waals surface area contributed by atoms with Crippen molar-refractivity contribution in [3.63, 3.8) is 0 Å². The number of hydrogen-bond acceptors (Lipinski definition) is 7. The van der Waals surface area contributed by atoms with Gasteiger partial charge >= 0.3 is 0 Å². The molecule has 1 aromatic carbocycles. The Hall–Kier alpha value is -3.85. The van der Waals surface area contributed by atoms with Crippen LogP contribution in [0.1, 0.15) is 39.1 Å². The minimum atomic E-state index is -0.394. The maximum absolute atomic E-state index is 14.1. The van der Waals surface area contributed by atoms with Gasteiger partial charge in [0, 0.05) is 50.6 Å². The van der Waals surface area contributed by atoms with Crippen molar-refractivity contribution in [2.24, 2.45) is 0 Å². The second-order valence-electron chi connectivity index (χ2n) is 8.72. The molecule has 0 radical (unpaired) electrons. The number of rotatable bonds is 8. The average Bonchev–Trinajstić information content (AvgIpc) is 3.31. The zero-order valence-electron chi connectivity index (χ0n) is 22.3. The molecular formula is C28H35FN6O2. The summed E-state index contributed by atoms with van der Waals surface area (Å²) in [5, 5.41) is 8.14. The lowest BCUT2D eigenvalue weighted by molar-refractivity contribution is -0.104. The summed E-state index contributed by atoms with van der Waals surface area (Å²) in [7, 11) is 3.78. The summed E-state index contributed by atoms with van der Waals surface area (Å²) in [4.78, 5) is 22.6. The second-order valence-corrected chi connectivity index (χ2v) is 8.72. The predicted octanol–water partition coefficient (Wildman–Crippen LogP) is 4.72. The van der Waals surface area contributed by atoms with E-state index in [0.717, 1.165) is 25.1 Å². The fraction of sp³-hybridized carbons (Fsp3) is 0.357. The Kier molecular flexibility index (Phi) is 9.68. The van der Waals surface area contributed by atoms with E-state index in [1.165, 1.54) is 18.2 Å². The van der Waals surface area contributed by atoms with Crippen molar-refractivity contribution in [3.8, 4) is 28.4 Å². The number of ether oxygens (including phenoxy) is 1. The molecular weight excluding hydrogens is 471 g/mol. The summed E-state index contributed by atoms with van der Waals surface area (Å²) in [5.74, 6) is -0.00638. The molecule has 3 aromatic rings. The van der Waals surface area contributed by atoms with Crippen molar-refractivity contribution >= 4 is 11.9 Å². The van der Waals surface area contributed by atoms with Gasteiger partial charge in [0.05, 0.1) is 30.2 Å². The summed E-state index contributed by atoms with van der Waals surface area (Å²) >= 11 is 0. The maximum Gasteiger partial charge on any atom is 0.142 e. The third kappa shape index (κ3) is 6.89. The van der Waals surface area contributed by atoms with Crippen molar-refractivity contribution in [1.82, 2.24) is 30.0 Å². The molecule has 0 atom stereocenters. The molecule has 37 heavy (non-hydrogen) atoms. The van der Waals surface area contributed by atoms with E-state index in [1.807, 2.05) is 63.6 Å². The van der Waals surface area contributed by atoms with Gasteiger partial charge in [0.2, 0.25) is 0 Å². The number of benzene rings is 1. The van der Waals surface area contributed by atoms with Crippen LogP contribution in [0.15, 0.2) is 48.8 Å². The standard InChI is InChI=1S/C26H29FN6O2.C2H6/c1-17(2)35-24-12-19(27)7-8-21(24)25-26(22-13-20-14-28-9-10-33(20)31-22)30-23(15-29-25)18(6-5-11-34)16-32(3)4;1-2/h5-8,11-13,15-17,28H,9-10,14H2,1-4H3;1-2H3/b6-5-,18-16+;. The number of nitrogens with zero attached hydrogens (tertiary/aromatic N) is 5. The maximum atomic E-state index is 14.1. The second kappa shape index (κ2) is 12.9. The number of carbonyl (C=O) groups is 1. The zero-order valence-corrected chi connectivity index (χ0v) is 22.3. The molecule has 0 spiro atoms. The van der Waals surface area contributed by atoms with Crippen LogP contribution in [0.4, 0.5) is 4.39 Å². The predicted molar refractivity (Wildman–Crippen MR) is 144 cm³/mol. The third-order valence-electron chi connectivity index (χ3n) is 5.29. The number of halogens is 1. The first-order valence-corrected chi connectivity index (χ1v) is 12.5. The number of hydrogen-bond donors (Lipinski definition) is 1. The van der Waals surface area contributed by atoms with Gasteiger partial charge in [-0.3, -0.25) is 14.5 Å². The highest BCUT2D eigenvalue weighted by atomic mass is 19.1. The molecule has 0 saturated heterocycles. The molecule has 1 N–H and O–H groups in total. The molecule has 1 aliphatic heterocycles. The van der Waals surface area contributed by atoms with Gasteiger partial charge in [0.15, 0.2) is 0 Å². The molecule has 0 aliphatic carbocycles. The van der Waals surface area contributed by atoms with Crippen LogP contribution in [0, 0.1) is 5.82 Å². The fourth-order valence-corrected chi connectivity index (χ4v) is 3.87. The molecule has 0 fully saturated rings. The first-order chi connectivity index (χ1) is 17.9. The number of aldehydes is 1. The van der Waals surface area contributed by atoms with Gasteiger partial charge in [-0.1, -0.05) is 13.8 Å².